The number of nitrogens with two attached hydrogens (primary N) is 3. The summed E-state index contributed by atoms with van der Waals surface area (Å²) in [6.07, 6.45) is 0.0583. The van der Waals surface area contributed by atoms with Crippen molar-refractivity contribution >= 4 is 5.97 Å². The molecule has 0 amide bonds. The first-order valence-electron chi connectivity index (χ1n) is 5.23. The minimum Gasteiger partial charge on any atom is -0.459 e. The molecular weight excluding hydrogens is 222 g/mol. The van der Waals surface area contributed by atoms with Crippen LogP contribution in [0.1, 0.15) is 15.9 Å². The molecule has 1 heterocycles. The number of ether oxygens (including phenoxy) is 2. The van der Waals surface area contributed by atoms with E-state index in [-0.39, 0.29) is 12.7 Å². The van der Waals surface area contributed by atoms with E-state index in [4.69, 9.17) is 26.7 Å². The summed E-state index contributed by atoms with van der Waals surface area (Å²) in [5.41, 5.74) is 17.5. The van der Waals surface area contributed by atoms with Gasteiger partial charge in [0, 0.05) is 5.56 Å². The van der Waals surface area contributed by atoms with Crippen LogP contribution in [0.4, 0.5) is 0 Å². The van der Waals surface area contributed by atoms with Crippen LogP contribution in [0, 0.1) is 0 Å². The number of rotatable bonds is 4. The molecular formula is C11H15N3O3. The van der Waals surface area contributed by atoms with Gasteiger partial charge in [-0.1, -0.05) is 12.1 Å². The standard InChI is InChI=1S/C11H15N3O3/c12-11(13,14)8-3-1-7(2-4-8)10(15)17-6-9-5-16-9/h1-4,9H,5-6,12-14H2. The monoisotopic (exact) mass is 237 g/mol. The van der Waals surface area contributed by atoms with Crippen molar-refractivity contribution in [3.63, 3.8) is 0 Å². The minimum absolute atomic E-state index is 0.0583. The van der Waals surface area contributed by atoms with Crippen molar-refractivity contribution in [3.8, 4) is 0 Å². The van der Waals surface area contributed by atoms with Crippen LogP contribution in [-0.2, 0) is 15.3 Å². The van der Waals surface area contributed by atoms with Crippen LogP contribution in [0.15, 0.2) is 24.3 Å². The lowest BCUT2D eigenvalue weighted by Crippen LogP contribution is -2.54. The third-order valence-electron chi connectivity index (χ3n) is 2.42. The molecule has 1 aliphatic heterocycles. The van der Waals surface area contributed by atoms with Gasteiger partial charge in [-0.3, -0.25) is 17.2 Å². The number of benzene rings is 1. The van der Waals surface area contributed by atoms with E-state index in [0.717, 1.165) is 0 Å². The molecule has 1 fully saturated rings. The van der Waals surface area contributed by atoms with Crippen molar-refractivity contribution in [2.75, 3.05) is 13.2 Å². The summed E-state index contributed by atoms with van der Waals surface area (Å²) in [5.74, 6) is -1.80. The fraction of sp³-hybridized carbons (Fsp3) is 0.364. The molecule has 0 saturated carbocycles. The highest BCUT2D eigenvalue weighted by molar-refractivity contribution is 5.89. The molecule has 1 aromatic rings. The second-order valence-electron chi connectivity index (χ2n) is 4.06. The zero-order valence-electron chi connectivity index (χ0n) is 9.26. The maximum absolute atomic E-state index is 11.6. The summed E-state index contributed by atoms with van der Waals surface area (Å²) < 4.78 is 9.95. The second kappa shape index (κ2) is 4.42. The summed E-state index contributed by atoms with van der Waals surface area (Å²) in [4.78, 5) is 11.6. The predicted molar refractivity (Wildman–Crippen MR) is 60.7 cm³/mol. The zero-order valence-corrected chi connectivity index (χ0v) is 9.26. The summed E-state index contributed by atoms with van der Waals surface area (Å²) >= 11 is 0. The first kappa shape index (κ1) is 12.0. The van der Waals surface area contributed by atoms with Crippen molar-refractivity contribution in [3.05, 3.63) is 35.4 Å². The number of hydrogen-bond donors (Lipinski definition) is 3. The van der Waals surface area contributed by atoms with Gasteiger partial charge in [0.15, 0.2) is 0 Å². The first-order valence-corrected chi connectivity index (χ1v) is 5.23. The summed E-state index contributed by atoms with van der Waals surface area (Å²) in [6, 6.07) is 6.36. The molecule has 17 heavy (non-hydrogen) atoms. The molecule has 0 bridgehead atoms. The molecule has 0 aliphatic carbocycles. The third-order valence-corrected chi connectivity index (χ3v) is 2.42. The molecule has 1 unspecified atom stereocenters. The molecule has 6 nitrogen and oxygen atoms in total. The summed E-state index contributed by atoms with van der Waals surface area (Å²) in [7, 11) is 0. The van der Waals surface area contributed by atoms with E-state index in [1.54, 1.807) is 24.3 Å². The van der Waals surface area contributed by atoms with Gasteiger partial charge in [0.25, 0.3) is 0 Å². The number of carbonyl (C=O) groups is 1. The summed E-state index contributed by atoms with van der Waals surface area (Å²) in [5, 5.41) is 0. The van der Waals surface area contributed by atoms with Gasteiger partial charge in [0.2, 0.25) is 0 Å². The Balaban J connectivity index is 1.98. The zero-order chi connectivity index (χ0) is 12.5. The van der Waals surface area contributed by atoms with Gasteiger partial charge in [0.05, 0.1) is 12.2 Å². The Morgan fingerprint density at radius 2 is 1.94 bits per heavy atom. The molecule has 1 aliphatic rings. The van der Waals surface area contributed by atoms with Crippen molar-refractivity contribution in [1.82, 2.24) is 0 Å². The molecule has 2 rings (SSSR count). The van der Waals surface area contributed by atoms with Gasteiger partial charge in [-0.25, -0.2) is 4.79 Å². The predicted octanol–water partition coefficient (Wildman–Crippen LogP) is -0.771. The van der Waals surface area contributed by atoms with Crippen LogP contribution >= 0.6 is 0 Å². The van der Waals surface area contributed by atoms with Crippen molar-refractivity contribution in [2.45, 2.75) is 11.9 Å². The second-order valence-corrected chi connectivity index (χ2v) is 4.06. The molecule has 0 aromatic heterocycles. The normalized spacial score (nSPS) is 18.9. The van der Waals surface area contributed by atoms with Gasteiger partial charge in [-0.2, -0.15) is 0 Å². The highest BCUT2D eigenvalue weighted by atomic mass is 16.6. The van der Waals surface area contributed by atoms with Gasteiger partial charge in [-0.15, -0.1) is 0 Å². The number of epoxide rings is 1. The summed E-state index contributed by atoms with van der Waals surface area (Å²) in [6.45, 7) is 0.942. The highest BCUT2D eigenvalue weighted by Gasteiger charge is 2.24. The lowest BCUT2D eigenvalue weighted by atomic mass is 10.1. The third kappa shape index (κ3) is 3.24. The fourth-order valence-corrected chi connectivity index (χ4v) is 1.31. The van der Waals surface area contributed by atoms with Crippen LogP contribution in [0.3, 0.4) is 0 Å². The fourth-order valence-electron chi connectivity index (χ4n) is 1.31. The molecule has 0 radical (unpaired) electrons. The van der Waals surface area contributed by atoms with Crippen LogP contribution in [-0.4, -0.2) is 25.3 Å². The van der Waals surface area contributed by atoms with Gasteiger partial charge in [0.1, 0.15) is 18.5 Å². The largest absolute Gasteiger partial charge is 0.459 e. The molecule has 92 valence electrons. The minimum atomic E-state index is -1.40. The number of carbonyl (C=O) groups excluding carboxylic acids is 1. The van der Waals surface area contributed by atoms with Crippen molar-refractivity contribution < 1.29 is 14.3 Å². The van der Waals surface area contributed by atoms with Gasteiger partial charge >= 0.3 is 5.97 Å². The molecule has 1 aromatic carbocycles. The van der Waals surface area contributed by atoms with E-state index < -0.39 is 11.8 Å². The Labute approximate surface area is 98.7 Å². The smallest absolute Gasteiger partial charge is 0.338 e. The van der Waals surface area contributed by atoms with Crippen LogP contribution in [0.2, 0.25) is 0 Å². The Bertz CT molecular complexity index is 407. The van der Waals surface area contributed by atoms with E-state index >= 15 is 0 Å². The highest BCUT2D eigenvalue weighted by Crippen LogP contribution is 2.12. The molecule has 0 spiro atoms. The SMILES string of the molecule is NC(N)(N)c1ccc(C(=O)OCC2CO2)cc1. The van der Waals surface area contributed by atoms with Crippen LogP contribution in [0.5, 0.6) is 0 Å². The van der Waals surface area contributed by atoms with Crippen molar-refractivity contribution in [1.29, 1.82) is 0 Å². The maximum Gasteiger partial charge on any atom is 0.338 e. The topological polar surface area (TPSA) is 117 Å². The molecule has 6 heteroatoms. The van der Waals surface area contributed by atoms with E-state index in [9.17, 15) is 4.79 Å². The van der Waals surface area contributed by atoms with Crippen LogP contribution in [0.25, 0.3) is 0 Å². The quantitative estimate of drug-likeness (QED) is 0.359. The number of esters is 1. The number of hydrogen-bond acceptors (Lipinski definition) is 6. The Morgan fingerprint density at radius 1 is 1.35 bits per heavy atom. The average Bonchev–Trinajstić information content (AvgIpc) is 3.09. The molecule has 6 N–H and O–H groups in total. The van der Waals surface area contributed by atoms with E-state index in [1.807, 2.05) is 0 Å². The average molecular weight is 237 g/mol. The Morgan fingerprint density at radius 3 is 2.41 bits per heavy atom. The van der Waals surface area contributed by atoms with Crippen molar-refractivity contribution in [2.24, 2.45) is 17.2 Å². The first-order chi connectivity index (χ1) is 7.97. The molecule has 1 saturated heterocycles. The lowest BCUT2D eigenvalue weighted by molar-refractivity contribution is 0.0476. The maximum atomic E-state index is 11.6. The van der Waals surface area contributed by atoms with E-state index in [1.165, 1.54) is 0 Å². The van der Waals surface area contributed by atoms with Gasteiger partial charge < -0.3 is 9.47 Å². The van der Waals surface area contributed by atoms with Gasteiger partial charge in [-0.05, 0) is 12.1 Å². The van der Waals surface area contributed by atoms with Crippen LogP contribution < -0.4 is 17.2 Å². The Kier molecular flexibility index (Phi) is 3.12. The van der Waals surface area contributed by atoms with E-state index in [0.29, 0.717) is 17.7 Å². The Hall–Kier alpha value is -1.47. The van der Waals surface area contributed by atoms with E-state index in [2.05, 4.69) is 0 Å². The lowest BCUT2D eigenvalue weighted by Gasteiger charge is -2.18. The molecule has 1 atom stereocenters.